The maximum absolute atomic E-state index is 12.7. The molecule has 2 aromatic carbocycles. The monoisotopic (exact) mass is 258 g/mol. The predicted molar refractivity (Wildman–Crippen MR) is 73.7 cm³/mol. The summed E-state index contributed by atoms with van der Waals surface area (Å²) in [7, 11) is 0. The molecule has 0 aliphatic rings. The van der Waals surface area contributed by atoms with Gasteiger partial charge in [-0.05, 0) is 54.6 Å². The van der Waals surface area contributed by atoms with Gasteiger partial charge >= 0.3 is 0 Å². The Morgan fingerprint density at radius 1 is 0.842 bits per heavy atom. The first kappa shape index (κ1) is 13.0. The lowest BCUT2D eigenvalue weighted by Crippen LogP contribution is -1.86. The summed E-state index contributed by atoms with van der Waals surface area (Å²) in [5.41, 5.74) is 1.46. The lowest BCUT2D eigenvalue weighted by molar-refractivity contribution is 0.627. The zero-order valence-electron chi connectivity index (χ0n) is 10.1. The van der Waals surface area contributed by atoms with Gasteiger partial charge in [-0.3, -0.25) is 4.99 Å². The Kier molecular flexibility index (Phi) is 4.39. The Morgan fingerprint density at radius 3 is 2.05 bits per heavy atom. The molecule has 0 aromatic heterocycles. The Bertz CT molecular complexity index is 572. The van der Waals surface area contributed by atoms with Crippen LogP contribution in [0.25, 0.3) is 0 Å². The van der Waals surface area contributed by atoms with Gasteiger partial charge in [0.2, 0.25) is 0 Å². The van der Waals surface area contributed by atoms with E-state index in [-0.39, 0.29) is 11.6 Å². The SMILES string of the molecule is Fc1ccc(N=CC=CNc2ccc(F)cc2)cc1. The number of halogens is 2. The normalized spacial score (nSPS) is 11.3. The number of anilines is 1. The zero-order valence-corrected chi connectivity index (χ0v) is 10.1. The Balaban J connectivity index is 1.86. The highest BCUT2D eigenvalue weighted by atomic mass is 19.1. The molecule has 96 valence electrons. The molecule has 0 saturated carbocycles. The minimum atomic E-state index is -0.285. The fourth-order valence-electron chi connectivity index (χ4n) is 1.39. The molecule has 0 atom stereocenters. The van der Waals surface area contributed by atoms with E-state index < -0.39 is 0 Å². The lowest BCUT2D eigenvalue weighted by atomic mass is 10.3. The quantitative estimate of drug-likeness (QED) is 0.813. The number of aliphatic imine (C=N–C) groups is 1. The number of nitrogens with zero attached hydrogens (tertiary/aromatic N) is 1. The Hall–Kier alpha value is -2.49. The van der Waals surface area contributed by atoms with Crippen LogP contribution in [0, 0.1) is 11.6 Å². The molecular weight excluding hydrogens is 246 g/mol. The third kappa shape index (κ3) is 4.35. The fourth-order valence-corrected chi connectivity index (χ4v) is 1.39. The van der Waals surface area contributed by atoms with E-state index >= 15 is 0 Å². The number of rotatable bonds is 4. The second kappa shape index (κ2) is 6.44. The summed E-state index contributed by atoms with van der Waals surface area (Å²) in [4.78, 5) is 4.11. The molecule has 4 heteroatoms. The second-order valence-corrected chi connectivity index (χ2v) is 3.76. The molecule has 2 aromatic rings. The van der Waals surface area contributed by atoms with Gasteiger partial charge in [0.1, 0.15) is 11.6 Å². The van der Waals surface area contributed by atoms with Crippen molar-refractivity contribution < 1.29 is 8.78 Å². The van der Waals surface area contributed by atoms with Gasteiger partial charge < -0.3 is 5.32 Å². The van der Waals surface area contributed by atoms with Crippen molar-refractivity contribution in [1.82, 2.24) is 0 Å². The summed E-state index contributed by atoms with van der Waals surface area (Å²) in [5.74, 6) is -0.556. The average Bonchev–Trinajstić information content (AvgIpc) is 2.43. The van der Waals surface area contributed by atoms with Crippen LogP contribution >= 0.6 is 0 Å². The smallest absolute Gasteiger partial charge is 0.123 e. The summed E-state index contributed by atoms with van der Waals surface area (Å²) in [5, 5.41) is 2.97. The standard InChI is InChI=1S/C15H12F2N2/c16-12-2-6-14(7-3-12)18-10-1-11-19-15-8-4-13(17)5-9-15/h1-11,18H. The number of benzene rings is 2. The van der Waals surface area contributed by atoms with Gasteiger partial charge in [-0.15, -0.1) is 0 Å². The van der Waals surface area contributed by atoms with E-state index in [0.717, 1.165) is 5.69 Å². The van der Waals surface area contributed by atoms with Crippen molar-refractivity contribution >= 4 is 17.6 Å². The molecule has 0 spiro atoms. The van der Waals surface area contributed by atoms with E-state index in [9.17, 15) is 8.78 Å². The molecule has 0 aliphatic carbocycles. The van der Waals surface area contributed by atoms with Crippen LogP contribution in [0.5, 0.6) is 0 Å². The van der Waals surface area contributed by atoms with E-state index in [2.05, 4.69) is 10.3 Å². The van der Waals surface area contributed by atoms with Gasteiger partial charge in [0.15, 0.2) is 0 Å². The first-order valence-corrected chi connectivity index (χ1v) is 5.71. The summed E-state index contributed by atoms with van der Waals surface area (Å²) in [6, 6.07) is 11.9. The van der Waals surface area contributed by atoms with E-state index in [1.54, 1.807) is 42.8 Å². The van der Waals surface area contributed by atoms with Crippen LogP contribution in [0.4, 0.5) is 20.2 Å². The van der Waals surface area contributed by atoms with Crippen LogP contribution in [-0.2, 0) is 0 Å². The molecule has 0 unspecified atom stereocenters. The van der Waals surface area contributed by atoms with E-state index in [0.29, 0.717) is 5.69 Å². The van der Waals surface area contributed by atoms with Crippen molar-refractivity contribution in [3.05, 3.63) is 72.4 Å². The topological polar surface area (TPSA) is 24.4 Å². The number of hydrogen-bond donors (Lipinski definition) is 1. The molecule has 19 heavy (non-hydrogen) atoms. The Labute approximate surface area is 110 Å². The molecular formula is C15H12F2N2. The highest BCUT2D eigenvalue weighted by Gasteiger charge is 1.89. The van der Waals surface area contributed by atoms with Crippen molar-refractivity contribution in [2.75, 3.05) is 5.32 Å². The summed E-state index contributed by atoms with van der Waals surface area (Å²) >= 11 is 0. The van der Waals surface area contributed by atoms with Crippen molar-refractivity contribution in [2.24, 2.45) is 4.99 Å². The average molecular weight is 258 g/mol. The van der Waals surface area contributed by atoms with Crippen LogP contribution in [0.1, 0.15) is 0 Å². The van der Waals surface area contributed by atoms with Crippen LogP contribution in [0.15, 0.2) is 65.8 Å². The van der Waals surface area contributed by atoms with Crippen molar-refractivity contribution in [3.63, 3.8) is 0 Å². The molecule has 0 heterocycles. The molecule has 2 nitrogen and oxygen atoms in total. The zero-order chi connectivity index (χ0) is 13.5. The van der Waals surface area contributed by atoms with Crippen LogP contribution < -0.4 is 5.32 Å². The molecule has 0 saturated heterocycles. The minimum absolute atomic E-state index is 0.271. The van der Waals surface area contributed by atoms with Crippen molar-refractivity contribution in [3.8, 4) is 0 Å². The highest BCUT2D eigenvalue weighted by molar-refractivity contribution is 5.74. The molecule has 0 aliphatic heterocycles. The molecule has 0 radical (unpaired) electrons. The van der Waals surface area contributed by atoms with E-state index in [4.69, 9.17) is 0 Å². The van der Waals surface area contributed by atoms with Gasteiger partial charge in [0, 0.05) is 18.1 Å². The van der Waals surface area contributed by atoms with Crippen molar-refractivity contribution in [2.45, 2.75) is 0 Å². The fraction of sp³-hybridized carbons (Fsp3) is 0. The van der Waals surface area contributed by atoms with Gasteiger partial charge in [-0.2, -0.15) is 0 Å². The summed E-state index contributed by atoms with van der Waals surface area (Å²) < 4.78 is 25.3. The minimum Gasteiger partial charge on any atom is -0.362 e. The van der Waals surface area contributed by atoms with Crippen molar-refractivity contribution in [1.29, 1.82) is 0 Å². The van der Waals surface area contributed by atoms with Gasteiger partial charge in [-0.1, -0.05) is 0 Å². The van der Waals surface area contributed by atoms with Crippen LogP contribution in [0.2, 0.25) is 0 Å². The first-order valence-electron chi connectivity index (χ1n) is 5.71. The highest BCUT2D eigenvalue weighted by Crippen LogP contribution is 2.11. The third-order valence-corrected chi connectivity index (χ3v) is 2.33. The maximum Gasteiger partial charge on any atom is 0.123 e. The molecule has 2 rings (SSSR count). The second-order valence-electron chi connectivity index (χ2n) is 3.76. The van der Waals surface area contributed by atoms with Gasteiger partial charge in [-0.25, -0.2) is 8.78 Å². The largest absolute Gasteiger partial charge is 0.362 e. The van der Waals surface area contributed by atoms with E-state index in [1.807, 2.05) is 0 Å². The number of allylic oxidation sites excluding steroid dienone is 1. The van der Waals surface area contributed by atoms with E-state index in [1.165, 1.54) is 24.3 Å². The molecule has 1 N–H and O–H groups in total. The van der Waals surface area contributed by atoms with Crippen LogP contribution in [0.3, 0.4) is 0 Å². The molecule has 0 bridgehead atoms. The van der Waals surface area contributed by atoms with Gasteiger partial charge in [0.05, 0.1) is 5.69 Å². The predicted octanol–water partition coefficient (Wildman–Crippen LogP) is 4.29. The Morgan fingerprint density at radius 2 is 1.42 bits per heavy atom. The first-order chi connectivity index (χ1) is 9.24. The third-order valence-electron chi connectivity index (χ3n) is 2.33. The number of hydrogen-bond acceptors (Lipinski definition) is 2. The lowest BCUT2D eigenvalue weighted by Gasteiger charge is -1.98. The van der Waals surface area contributed by atoms with Gasteiger partial charge in [0.25, 0.3) is 0 Å². The maximum atomic E-state index is 12.7. The van der Waals surface area contributed by atoms with Crippen LogP contribution in [-0.4, -0.2) is 6.21 Å². The molecule has 0 fully saturated rings. The summed E-state index contributed by atoms with van der Waals surface area (Å²) in [6.07, 6.45) is 4.97. The number of nitrogens with one attached hydrogen (secondary N) is 1. The molecule has 0 amide bonds. The summed E-state index contributed by atoms with van der Waals surface area (Å²) in [6.45, 7) is 0.